The predicted octanol–water partition coefficient (Wildman–Crippen LogP) is 5.69. The van der Waals surface area contributed by atoms with Crippen LogP contribution in [-0.2, 0) is 4.79 Å². The van der Waals surface area contributed by atoms with E-state index in [0.29, 0.717) is 0 Å². The van der Waals surface area contributed by atoms with E-state index in [1.807, 2.05) is 6.08 Å². The van der Waals surface area contributed by atoms with Crippen LogP contribution in [-0.4, -0.2) is 6.29 Å². The summed E-state index contributed by atoms with van der Waals surface area (Å²) >= 11 is 0. The first kappa shape index (κ1) is 18.8. The molecule has 0 aromatic carbocycles. The lowest BCUT2D eigenvalue weighted by molar-refractivity contribution is -0.107. The molecule has 0 saturated heterocycles. The van der Waals surface area contributed by atoms with Gasteiger partial charge < -0.3 is 4.79 Å². The van der Waals surface area contributed by atoms with Crippen molar-refractivity contribution in [2.75, 3.05) is 0 Å². The van der Waals surface area contributed by atoms with Gasteiger partial charge in [0.25, 0.3) is 0 Å². The maximum Gasteiger partial charge on any atom is 0.119 e. The molecular formula is C16H32O. The lowest BCUT2D eigenvalue weighted by atomic mass is 10.1. The number of allylic oxidation sites excluding steroid dienone is 1. The Morgan fingerprint density at radius 3 is 1.71 bits per heavy atom. The molecule has 0 atom stereocenters. The molecule has 0 heterocycles. The van der Waals surface area contributed by atoms with Crippen LogP contribution in [0.1, 0.15) is 84.5 Å². The van der Waals surface area contributed by atoms with Gasteiger partial charge in [-0.2, -0.15) is 0 Å². The summed E-state index contributed by atoms with van der Waals surface area (Å²) in [4.78, 5) is 9.94. The van der Waals surface area contributed by atoms with E-state index in [0.717, 1.165) is 19.1 Å². The minimum absolute atomic E-state index is 0.758. The van der Waals surface area contributed by atoms with E-state index in [9.17, 15) is 4.79 Å². The highest BCUT2D eigenvalue weighted by Crippen LogP contribution is 2.07. The van der Waals surface area contributed by atoms with E-state index < -0.39 is 0 Å². The smallest absolute Gasteiger partial charge is 0.119 e. The average Bonchev–Trinajstić information content (AvgIpc) is 2.36. The van der Waals surface area contributed by atoms with Gasteiger partial charge >= 0.3 is 0 Å². The zero-order valence-electron chi connectivity index (χ0n) is 12.0. The van der Waals surface area contributed by atoms with Crippen LogP contribution in [0.25, 0.3) is 0 Å². The quantitative estimate of drug-likeness (QED) is 0.257. The molecule has 0 fully saturated rings. The second kappa shape index (κ2) is 20.8. The molecule has 1 heteroatoms. The van der Waals surface area contributed by atoms with Gasteiger partial charge in [0.15, 0.2) is 0 Å². The lowest BCUT2D eigenvalue weighted by Gasteiger charge is -1.97. The average molecular weight is 240 g/mol. The van der Waals surface area contributed by atoms with Gasteiger partial charge in [-0.05, 0) is 12.8 Å². The summed E-state index contributed by atoms with van der Waals surface area (Å²) in [6.45, 7) is 8.01. The summed E-state index contributed by atoms with van der Waals surface area (Å²) in [5, 5.41) is 0. The summed E-state index contributed by atoms with van der Waals surface area (Å²) in [7, 11) is 0. The molecule has 0 bridgehead atoms. The zero-order chi connectivity index (χ0) is 13.2. The van der Waals surface area contributed by atoms with Crippen LogP contribution < -0.4 is 0 Å². The van der Waals surface area contributed by atoms with Gasteiger partial charge in [0.2, 0.25) is 0 Å². The van der Waals surface area contributed by atoms with Gasteiger partial charge in [0.05, 0.1) is 0 Å². The highest BCUT2D eigenvalue weighted by Gasteiger charge is 1.89. The summed E-state index contributed by atoms with van der Waals surface area (Å²) in [5.41, 5.74) is 0. The molecular weight excluding hydrogens is 208 g/mol. The van der Waals surface area contributed by atoms with Gasteiger partial charge in [0, 0.05) is 6.42 Å². The Balaban J connectivity index is 0. The van der Waals surface area contributed by atoms with Crippen LogP contribution >= 0.6 is 0 Å². The van der Waals surface area contributed by atoms with E-state index in [1.165, 1.54) is 57.8 Å². The van der Waals surface area contributed by atoms with Crippen LogP contribution in [0.15, 0.2) is 12.7 Å². The Bertz CT molecular complexity index is 140. The molecule has 0 aliphatic carbocycles. The second-order valence-electron chi connectivity index (χ2n) is 4.51. The minimum atomic E-state index is 0.758. The van der Waals surface area contributed by atoms with E-state index in [1.54, 1.807) is 0 Å². The van der Waals surface area contributed by atoms with E-state index >= 15 is 0 Å². The van der Waals surface area contributed by atoms with Crippen LogP contribution in [0.5, 0.6) is 0 Å². The molecule has 0 unspecified atom stereocenters. The van der Waals surface area contributed by atoms with E-state index in [-0.39, 0.29) is 0 Å². The van der Waals surface area contributed by atoms with Gasteiger partial charge in [0.1, 0.15) is 6.29 Å². The molecule has 0 aliphatic heterocycles. The number of hydrogen-bond donors (Lipinski definition) is 0. The lowest BCUT2D eigenvalue weighted by Crippen LogP contribution is -1.80. The number of aldehydes is 1. The number of carbonyl (C=O) groups excluding carboxylic acids is 1. The maximum absolute atomic E-state index is 9.94. The van der Waals surface area contributed by atoms with E-state index in [4.69, 9.17) is 0 Å². The van der Waals surface area contributed by atoms with Crippen molar-refractivity contribution in [2.24, 2.45) is 0 Å². The molecule has 1 nitrogen and oxygen atoms in total. The molecule has 0 aliphatic rings. The van der Waals surface area contributed by atoms with Crippen molar-refractivity contribution in [1.82, 2.24) is 0 Å². The van der Waals surface area contributed by atoms with Crippen molar-refractivity contribution in [1.29, 1.82) is 0 Å². The Labute approximate surface area is 109 Å². The summed E-state index contributed by atoms with van der Waals surface area (Å²) < 4.78 is 0. The Morgan fingerprint density at radius 1 is 0.765 bits per heavy atom. The Hall–Kier alpha value is -0.590. The number of carbonyl (C=O) groups is 1. The fourth-order valence-electron chi connectivity index (χ4n) is 1.53. The number of hydrogen-bond acceptors (Lipinski definition) is 1. The molecule has 0 spiro atoms. The third-order valence-electron chi connectivity index (χ3n) is 2.69. The normalized spacial score (nSPS) is 9.29. The summed E-state index contributed by atoms with van der Waals surface area (Å²) in [6.07, 6.45) is 16.5. The van der Waals surface area contributed by atoms with Gasteiger partial charge in [-0.3, -0.25) is 0 Å². The number of unbranched alkanes of at least 4 members (excludes halogenated alkanes) is 9. The predicted molar refractivity (Wildman–Crippen MR) is 78.4 cm³/mol. The van der Waals surface area contributed by atoms with Crippen LogP contribution in [0.4, 0.5) is 0 Å². The van der Waals surface area contributed by atoms with Crippen molar-refractivity contribution < 1.29 is 4.79 Å². The third kappa shape index (κ3) is 25.6. The Kier molecular flexibility index (Phi) is 22.9. The third-order valence-corrected chi connectivity index (χ3v) is 2.69. The van der Waals surface area contributed by atoms with Crippen LogP contribution in [0, 0.1) is 0 Å². The molecule has 0 radical (unpaired) electrons. The SMILES string of the molecule is C=CCCCC.CCCCCCCCCC=O. The molecule has 17 heavy (non-hydrogen) atoms. The molecule has 0 N–H and O–H groups in total. The molecule has 102 valence electrons. The first-order chi connectivity index (χ1) is 8.33. The zero-order valence-corrected chi connectivity index (χ0v) is 12.0. The summed E-state index contributed by atoms with van der Waals surface area (Å²) in [6, 6.07) is 0. The first-order valence-corrected chi connectivity index (χ1v) is 7.37. The monoisotopic (exact) mass is 240 g/mol. The maximum atomic E-state index is 9.94. The fourth-order valence-corrected chi connectivity index (χ4v) is 1.53. The molecule has 0 amide bonds. The summed E-state index contributed by atoms with van der Waals surface area (Å²) in [5.74, 6) is 0. The largest absolute Gasteiger partial charge is 0.303 e. The molecule has 0 aromatic heterocycles. The van der Waals surface area contributed by atoms with Gasteiger partial charge in [-0.1, -0.05) is 71.3 Å². The fraction of sp³-hybridized carbons (Fsp3) is 0.812. The van der Waals surface area contributed by atoms with Crippen molar-refractivity contribution in [3.63, 3.8) is 0 Å². The highest BCUT2D eigenvalue weighted by molar-refractivity contribution is 5.48. The minimum Gasteiger partial charge on any atom is -0.303 e. The first-order valence-electron chi connectivity index (χ1n) is 7.37. The van der Waals surface area contributed by atoms with Gasteiger partial charge in [-0.15, -0.1) is 6.58 Å². The Morgan fingerprint density at radius 2 is 1.29 bits per heavy atom. The van der Waals surface area contributed by atoms with Crippen LogP contribution in [0.2, 0.25) is 0 Å². The second-order valence-corrected chi connectivity index (χ2v) is 4.51. The molecule has 0 aromatic rings. The van der Waals surface area contributed by atoms with Crippen molar-refractivity contribution in [3.8, 4) is 0 Å². The van der Waals surface area contributed by atoms with Crippen molar-refractivity contribution in [3.05, 3.63) is 12.7 Å². The molecule has 0 saturated carbocycles. The van der Waals surface area contributed by atoms with Crippen molar-refractivity contribution in [2.45, 2.75) is 84.5 Å². The van der Waals surface area contributed by atoms with Crippen molar-refractivity contribution >= 4 is 6.29 Å². The number of rotatable bonds is 11. The molecule has 0 rings (SSSR count). The van der Waals surface area contributed by atoms with Gasteiger partial charge in [-0.25, -0.2) is 0 Å². The van der Waals surface area contributed by atoms with Crippen LogP contribution in [0.3, 0.4) is 0 Å². The van der Waals surface area contributed by atoms with E-state index in [2.05, 4.69) is 20.4 Å². The topological polar surface area (TPSA) is 17.1 Å². The highest BCUT2D eigenvalue weighted by atomic mass is 16.1. The standard InChI is InChI=1S/C10H20O.C6H12/c1-2-3-4-5-6-7-8-9-10-11;1-3-5-6-4-2/h10H,2-9H2,1H3;3H,1,4-6H2,2H3.